The molecule has 0 saturated carbocycles. The number of hydrogen-bond donors (Lipinski definition) is 0. The van der Waals surface area contributed by atoms with Crippen LogP contribution in [0.4, 0.5) is 0 Å². The highest BCUT2D eigenvalue weighted by Crippen LogP contribution is 2.28. The van der Waals surface area contributed by atoms with Gasteiger partial charge in [-0.15, -0.1) is 11.3 Å². The van der Waals surface area contributed by atoms with Crippen molar-refractivity contribution in [3.05, 3.63) is 52.0 Å². The molecule has 0 amide bonds. The van der Waals surface area contributed by atoms with Gasteiger partial charge in [-0.25, -0.2) is 4.98 Å². The number of thiazole rings is 1. The van der Waals surface area contributed by atoms with E-state index in [9.17, 15) is 4.79 Å². The van der Waals surface area contributed by atoms with Crippen molar-refractivity contribution < 1.29 is 9.53 Å². The van der Waals surface area contributed by atoms with Gasteiger partial charge in [0.2, 0.25) is 0 Å². The third kappa shape index (κ3) is 2.78. The standard InChI is InChI=1S/C13H13NO2S/c1-2-16-12(10-6-4-3-5-7-10)13-14-8-11(9-15)17-13/h3-9,12H,2H2,1H3. The maximum Gasteiger partial charge on any atom is 0.161 e. The first kappa shape index (κ1) is 12.0. The highest BCUT2D eigenvalue weighted by atomic mass is 32.1. The molecule has 3 nitrogen and oxygen atoms in total. The monoisotopic (exact) mass is 247 g/mol. The molecule has 0 fully saturated rings. The summed E-state index contributed by atoms with van der Waals surface area (Å²) < 4.78 is 5.70. The van der Waals surface area contributed by atoms with Gasteiger partial charge in [-0.1, -0.05) is 30.3 Å². The summed E-state index contributed by atoms with van der Waals surface area (Å²) in [5, 5.41) is 0.820. The molecule has 1 atom stereocenters. The Morgan fingerprint density at radius 3 is 2.76 bits per heavy atom. The maximum absolute atomic E-state index is 10.7. The molecule has 1 unspecified atom stereocenters. The number of ether oxygens (including phenoxy) is 1. The zero-order valence-corrected chi connectivity index (χ0v) is 10.3. The minimum atomic E-state index is -0.181. The minimum Gasteiger partial charge on any atom is -0.367 e. The predicted octanol–water partition coefficient (Wildman–Crippen LogP) is 3.08. The Kier molecular flexibility index (Phi) is 4.01. The van der Waals surface area contributed by atoms with E-state index in [1.54, 1.807) is 6.20 Å². The normalized spacial score (nSPS) is 12.3. The molecule has 0 spiro atoms. The molecule has 1 aromatic carbocycles. The summed E-state index contributed by atoms with van der Waals surface area (Å²) in [5.74, 6) is 0. The summed E-state index contributed by atoms with van der Waals surface area (Å²) in [5.41, 5.74) is 1.06. The largest absolute Gasteiger partial charge is 0.367 e. The molecule has 4 heteroatoms. The number of benzene rings is 1. The fourth-order valence-electron chi connectivity index (χ4n) is 1.58. The van der Waals surface area contributed by atoms with Gasteiger partial charge in [0.1, 0.15) is 11.1 Å². The smallest absolute Gasteiger partial charge is 0.161 e. The Bertz CT molecular complexity index is 481. The summed E-state index contributed by atoms with van der Waals surface area (Å²) in [6.07, 6.45) is 2.22. The van der Waals surface area contributed by atoms with Crippen molar-refractivity contribution in [2.75, 3.05) is 6.61 Å². The maximum atomic E-state index is 10.7. The van der Waals surface area contributed by atoms with E-state index in [0.717, 1.165) is 16.9 Å². The van der Waals surface area contributed by atoms with E-state index in [0.29, 0.717) is 11.5 Å². The molecular weight excluding hydrogens is 234 g/mol. The van der Waals surface area contributed by atoms with E-state index in [2.05, 4.69) is 4.98 Å². The van der Waals surface area contributed by atoms with Crippen molar-refractivity contribution in [1.29, 1.82) is 0 Å². The average molecular weight is 247 g/mol. The van der Waals surface area contributed by atoms with Crippen LogP contribution in [0, 0.1) is 0 Å². The van der Waals surface area contributed by atoms with Gasteiger partial charge in [0.15, 0.2) is 6.29 Å². The van der Waals surface area contributed by atoms with Crippen LogP contribution in [0.3, 0.4) is 0 Å². The van der Waals surface area contributed by atoms with Crippen LogP contribution in [-0.4, -0.2) is 17.9 Å². The number of carbonyl (C=O) groups excluding carboxylic acids is 1. The third-order valence-corrected chi connectivity index (χ3v) is 3.28. The van der Waals surface area contributed by atoms with Gasteiger partial charge in [0.25, 0.3) is 0 Å². The average Bonchev–Trinajstić information content (AvgIpc) is 2.85. The molecule has 0 aliphatic heterocycles. The highest BCUT2D eigenvalue weighted by molar-refractivity contribution is 7.13. The molecule has 2 rings (SSSR count). The molecule has 0 N–H and O–H groups in total. The van der Waals surface area contributed by atoms with E-state index >= 15 is 0 Å². The first-order valence-corrected chi connectivity index (χ1v) is 6.24. The zero-order valence-electron chi connectivity index (χ0n) is 9.50. The SMILES string of the molecule is CCOC(c1ccccc1)c1ncc(C=O)s1. The van der Waals surface area contributed by atoms with Crippen LogP contribution in [0.5, 0.6) is 0 Å². The van der Waals surface area contributed by atoms with Crippen LogP contribution in [0.25, 0.3) is 0 Å². The van der Waals surface area contributed by atoms with Crippen molar-refractivity contribution in [3.8, 4) is 0 Å². The summed E-state index contributed by atoms with van der Waals surface area (Å²) in [6, 6.07) is 9.90. The molecule has 0 bridgehead atoms. The second kappa shape index (κ2) is 5.70. The van der Waals surface area contributed by atoms with Gasteiger partial charge >= 0.3 is 0 Å². The van der Waals surface area contributed by atoms with Crippen molar-refractivity contribution in [2.45, 2.75) is 13.0 Å². The van der Waals surface area contributed by atoms with E-state index in [1.165, 1.54) is 11.3 Å². The highest BCUT2D eigenvalue weighted by Gasteiger charge is 2.17. The summed E-state index contributed by atoms with van der Waals surface area (Å²) in [7, 11) is 0. The summed E-state index contributed by atoms with van der Waals surface area (Å²) >= 11 is 1.37. The van der Waals surface area contributed by atoms with Crippen molar-refractivity contribution in [3.63, 3.8) is 0 Å². The fraction of sp³-hybridized carbons (Fsp3) is 0.231. The van der Waals surface area contributed by atoms with Gasteiger partial charge in [-0.3, -0.25) is 4.79 Å². The van der Waals surface area contributed by atoms with Gasteiger partial charge in [-0.05, 0) is 12.5 Å². The quantitative estimate of drug-likeness (QED) is 0.762. The molecule has 0 aliphatic carbocycles. The molecular formula is C13H13NO2S. The van der Waals surface area contributed by atoms with Gasteiger partial charge in [0.05, 0.1) is 4.88 Å². The first-order chi connectivity index (χ1) is 8.35. The van der Waals surface area contributed by atoms with Gasteiger partial charge < -0.3 is 4.74 Å². The molecule has 1 aromatic heterocycles. The Balaban J connectivity index is 2.31. The summed E-state index contributed by atoms with van der Waals surface area (Å²) in [4.78, 5) is 15.5. The lowest BCUT2D eigenvalue weighted by Gasteiger charge is -2.14. The summed E-state index contributed by atoms with van der Waals surface area (Å²) in [6.45, 7) is 2.56. The lowest BCUT2D eigenvalue weighted by molar-refractivity contribution is 0.0911. The van der Waals surface area contributed by atoms with Gasteiger partial charge in [-0.2, -0.15) is 0 Å². The van der Waals surface area contributed by atoms with E-state index in [4.69, 9.17) is 4.74 Å². The molecule has 88 valence electrons. The number of aromatic nitrogens is 1. The Hall–Kier alpha value is -1.52. The molecule has 1 heterocycles. The van der Waals surface area contributed by atoms with Gasteiger partial charge in [0, 0.05) is 12.8 Å². The van der Waals surface area contributed by atoms with Crippen LogP contribution >= 0.6 is 11.3 Å². The second-order valence-electron chi connectivity index (χ2n) is 3.46. The number of nitrogens with zero attached hydrogens (tertiary/aromatic N) is 1. The van der Waals surface area contributed by atoms with Crippen LogP contribution in [0.1, 0.15) is 33.3 Å². The van der Waals surface area contributed by atoms with E-state index in [-0.39, 0.29) is 6.10 Å². The van der Waals surface area contributed by atoms with E-state index < -0.39 is 0 Å². The number of hydrogen-bond acceptors (Lipinski definition) is 4. The first-order valence-electron chi connectivity index (χ1n) is 5.42. The number of rotatable bonds is 5. The van der Waals surface area contributed by atoms with E-state index in [1.807, 2.05) is 37.3 Å². The lowest BCUT2D eigenvalue weighted by Crippen LogP contribution is -2.05. The van der Waals surface area contributed by atoms with Crippen LogP contribution < -0.4 is 0 Å². The number of aldehydes is 1. The Morgan fingerprint density at radius 1 is 1.41 bits per heavy atom. The fourth-order valence-corrected chi connectivity index (χ4v) is 2.39. The Morgan fingerprint density at radius 2 is 2.18 bits per heavy atom. The van der Waals surface area contributed by atoms with Crippen LogP contribution in [0.2, 0.25) is 0 Å². The Labute approximate surface area is 104 Å². The lowest BCUT2D eigenvalue weighted by atomic mass is 10.1. The van der Waals surface area contributed by atoms with Crippen molar-refractivity contribution in [1.82, 2.24) is 4.98 Å². The third-order valence-electron chi connectivity index (χ3n) is 2.32. The molecule has 0 saturated heterocycles. The van der Waals surface area contributed by atoms with Crippen LogP contribution in [-0.2, 0) is 4.74 Å². The van der Waals surface area contributed by atoms with Crippen LogP contribution in [0.15, 0.2) is 36.5 Å². The predicted molar refractivity (Wildman–Crippen MR) is 67.4 cm³/mol. The van der Waals surface area contributed by atoms with Crippen molar-refractivity contribution in [2.24, 2.45) is 0 Å². The molecule has 17 heavy (non-hydrogen) atoms. The molecule has 0 radical (unpaired) electrons. The topological polar surface area (TPSA) is 39.2 Å². The minimum absolute atomic E-state index is 0.181. The molecule has 0 aliphatic rings. The number of carbonyl (C=O) groups is 1. The van der Waals surface area contributed by atoms with Crippen molar-refractivity contribution >= 4 is 17.6 Å². The second-order valence-corrected chi connectivity index (χ2v) is 4.56. The molecule has 2 aromatic rings. The zero-order chi connectivity index (χ0) is 12.1.